The molecule has 1 fully saturated rings. The summed E-state index contributed by atoms with van der Waals surface area (Å²) >= 11 is 0. The summed E-state index contributed by atoms with van der Waals surface area (Å²) in [4.78, 5) is 2.65. The van der Waals surface area contributed by atoms with Crippen molar-refractivity contribution in [3.8, 4) is 0 Å². The maximum atomic E-state index is 12.8. The second-order valence-electron chi connectivity index (χ2n) is 5.53. The molecular weight excluding hydrogens is 274 g/mol. The molecule has 0 radical (unpaired) electrons. The number of sulfonamides is 1. The van der Waals surface area contributed by atoms with Gasteiger partial charge in [-0.2, -0.15) is 4.31 Å². The molecule has 20 heavy (non-hydrogen) atoms. The van der Waals surface area contributed by atoms with Gasteiger partial charge >= 0.3 is 0 Å². The van der Waals surface area contributed by atoms with Crippen molar-refractivity contribution < 1.29 is 8.42 Å². The van der Waals surface area contributed by atoms with Crippen molar-refractivity contribution >= 4 is 10.0 Å². The molecule has 2 aliphatic heterocycles. The largest absolute Gasteiger partial charge is 0.312 e. The summed E-state index contributed by atoms with van der Waals surface area (Å²) in [5.41, 5.74) is 2.12. The molecule has 1 N–H and O–H groups in total. The molecule has 5 nitrogen and oxygen atoms in total. The van der Waals surface area contributed by atoms with Gasteiger partial charge in [0, 0.05) is 32.7 Å². The zero-order chi connectivity index (χ0) is 14.2. The van der Waals surface area contributed by atoms with E-state index in [9.17, 15) is 8.42 Å². The highest BCUT2D eigenvalue weighted by atomic mass is 32.2. The summed E-state index contributed by atoms with van der Waals surface area (Å²) in [6.45, 7) is 4.33. The van der Waals surface area contributed by atoms with Crippen LogP contribution < -0.4 is 5.32 Å². The van der Waals surface area contributed by atoms with Crippen molar-refractivity contribution in [1.29, 1.82) is 0 Å². The molecule has 1 aromatic rings. The summed E-state index contributed by atoms with van der Waals surface area (Å²) in [6.07, 6.45) is 0.904. The Morgan fingerprint density at radius 2 is 1.90 bits per heavy atom. The van der Waals surface area contributed by atoms with Crippen molar-refractivity contribution in [3.63, 3.8) is 0 Å². The number of fused-ring (bicyclic) bond motifs is 1. The minimum atomic E-state index is -3.36. The molecular formula is C14H21N3O2S. The number of nitrogens with zero attached hydrogens (tertiary/aromatic N) is 2. The Balaban J connectivity index is 1.95. The van der Waals surface area contributed by atoms with Gasteiger partial charge in [-0.25, -0.2) is 8.42 Å². The van der Waals surface area contributed by atoms with Crippen molar-refractivity contribution in [2.24, 2.45) is 0 Å². The lowest BCUT2D eigenvalue weighted by atomic mass is 10.0. The standard InChI is InChI=1S/C14H21N3O2S/c1-16-7-9-17(10-8-16)20(18,19)14-4-2-3-12-5-6-15-11-13(12)14/h2-4,15H,5-11H2,1H3. The van der Waals surface area contributed by atoms with E-state index in [1.807, 2.05) is 19.2 Å². The number of rotatable bonds is 2. The van der Waals surface area contributed by atoms with Gasteiger partial charge in [0.15, 0.2) is 0 Å². The summed E-state index contributed by atoms with van der Waals surface area (Å²) in [5, 5.41) is 3.27. The predicted octanol–water partition coefficient (Wildman–Crippen LogP) is 0.268. The molecule has 3 rings (SSSR count). The first-order chi connectivity index (χ1) is 9.59. The maximum Gasteiger partial charge on any atom is 0.243 e. The van der Waals surface area contributed by atoms with Gasteiger partial charge < -0.3 is 10.2 Å². The first-order valence-electron chi connectivity index (χ1n) is 7.09. The van der Waals surface area contributed by atoms with E-state index in [0.717, 1.165) is 31.6 Å². The van der Waals surface area contributed by atoms with Gasteiger partial charge in [0.05, 0.1) is 4.90 Å². The fourth-order valence-electron chi connectivity index (χ4n) is 2.89. The number of piperazine rings is 1. The molecule has 6 heteroatoms. The van der Waals surface area contributed by atoms with Gasteiger partial charge in [-0.05, 0) is 37.2 Å². The van der Waals surface area contributed by atoms with Crippen LogP contribution in [0.5, 0.6) is 0 Å². The number of hydrogen-bond acceptors (Lipinski definition) is 4. The Morgan fingerprint density at radius 3 is 2.65 bits per heavy atom. The number of nitrogens with one attached hydrogen (secondary N) is 1. The Kier molecular flexibility index (Phi) is 3.81. The van der Waals surface area contributed by atoms with E-state index in [-0.39, 0.29) is 0 Å². The SMILES string of the molecule is CN1CCN(S(=O)(=O)c2cccc3c2CNCC3)CC1. The first kappa shape index (κ1) is 14.0. The molecule has 0 unspecified atom stereocenters. The maximum absolute atomic E-state index is 12.8. The lowest BCUT2D eigenvalue weighted by molar-refractivity contribution is 0.222. The van der Waals surface area contributed by atoms with Gasteiger partial charge in [-0.3, -0.25) is 0 Å². The smallest absolute Gasteiger partial charge is 0.243 e. The van der Waals surface area contributed by atoms with Gasteiger partial charge in [0.2, 0.25) is 10.0 Å². The van der Waals surface area contributed by atoms with E-state index < -0.39 is 10.0 Å². The second kappa shape index (κ2) is 5.44. The molecule has 2 heterocycles. The number of hydrogen-bond donors (Lipinski definition) is 1. The average Bonchev–Trinajstić information content (AvgIpc) is 2.47. The van der Waals surface area contributed by atoms with E-state index in [2.05, 4.69) is 10.2 Å². The van der Waals surface area contributed by atoms with E-state index in [1.165, 1.54) is 5.56 Å². The van der Waals surface area contributed by atoms with Crippen LogP contribution in [0.3, 0.4) is 0 Å². The third-order valence-corrected chi connectivity index (χ3v) is 6.17. The van der Waals surface area contributed by atoms with Gasteiger partial charge in [-0.1, -0.05) is 12.1 Å². The van der Waals surface area contributed by atoms with Crippen LogP contribution in [0.15, 0.2) is 23.1 Å². The third kappa shape index (κ3) is 2.48. The molecule has 0 bridgehead atoms. The Bertz CT molecular complexity index is 592. The highest BCUT2D eigenvalue weighted by Crippen LogP contribution is 2.26. The Hall–Kier alpha value is -0.950. The summed E-state index contributed by atoms with van der Waals surface area (Å²) < 4.78 is 27.3. The van der Waals surface area contributed by atoms with Gasteiger partial charge in [0.1, 0.15) is 0 Å². The second-order valence-corrected chi connectivity index (χ2v) is 7.43. The molecule has 0 spiro atoms. The van der Waals surface area contributed by atoms with Gasteiger partial charge in [0.25, 0.3) is 0 Å². The Labute approximate surface area is 120 Å². The minimum Gasteiger partial charge on any atom is -0.312 e. The fraction of sp³-hybridized carbons (Fsp3) is 0.571. The van der Waals surface area contributed by atoms with Crippen molar-refractivity contribution in [2.75, 3.05) is 39.8 Å². The highest BCUT2D eigenvalue weighted by Gasteiger charge is 2.30. The van der Waals surface area contributed by atoms with Crippen molar-refractivity contribution in [2.45, 2.75) is 17.9 Å². The first-order valence-corrected chi connectivity index (χ1v) is 8.53. The van der Waals surface area contributed by atoms with Crippen LogP contribution in [-0.4, -0.2) is 57.4 Å². The average molecular weight is 295 g/mol. The molecule has 0 aromatic heterocycles. The van der Waals surface area contributed by atoms with Crippen LogP contribution in [-0.2, 0) is 23.0 Å². The molecule has 2 aliphatic rings. The van der Waals surface area contributed by atoms with Crippen LogP contribution in [0.2, 0.25) is 0 Å². The van der Waals surface area contributed by atoms with Crippen molar-refractivity contribution in [1.82, 2.24) is 14.5 Å². The van der Waals surface area contributed by atoms with Crippen LogP contribution in [0, 0.1) is 0 Å². The van der Waals surface area contributed by atoms with Crippen LogP contribution in [0.1, 0.15) is 11.1 Å². The number of likely N-dealkylation sites (N-methyl/N-ethyl adjacent to an activating group) is 1. The highest BCUT2D eigenvalue weighted by molar-refractivity contribution is 7.89. The van der Waals surface area contributed by atoms with Crippen LogP contribution in [0.25, 0.3) is 0 Å². The lowest BCUT2D eigenvalue weighted by Gasteiger charge is -2.32. The quantitative estimate of drug-likeness (QED) is 0.851. The van der Waals surface area contributed by atoms with E-state index in [4.69, 9.17) is 0 Å². The molecule has 0 saturated carbocycles. The van der Waals surface area contributed by atoms with E-state index in [0.29, 0.717) is 24.5 Å². The normalized spacial score (nSPS) is 21.6. The molecule has 0 aliphatic carbocycles. The molecule has 1 aromatic carbocycles. The van der Waals surface area contributed by atoms with Crippen molar-refractivity contribution in [3.05, 3.63) is 29.3 Å². The summed E-state index contributed by atoms with van der Waals surface area (Å²) in [5.74, 6) is 0. The van der Waals surface area contributed by atoms with Crippen LogP contribution in [0.4, 0.5) is 0 Å². The number of benzene rings is 1. The van der Waals surface area contributed by atoms with Crippen LogP contribution >= 0.6 is 0 Å². The molecule has 110 valence electrons. The van der Waals surface area contributed by atoms with Gasteiger partial charge in [-0.15, -0.1) is 0 Å². The monoisotopic (exact) mass is 295 g/mol. The summed E-state index contributed by atoms with van der Waals surface area (Å²) in [7, 11) is -1.33. The lowest BCUT2D eigenvalue weighted by Crippen LogP contribution is -2.47. The summed E-state index contributed by atoms with van der Waals surface area (Å²) in [6, 6.07) is 5.66. The molecule has 0 amide bonds. The molecule has 0 atom stereocenters. The zero-order valence-corrected chi connectivity index (χ0v) is 12.6. The van der Waals surface area contributed by atoms with E-state index >= 15 is 0 Å². The molecule has 1 saturated heterocycles. The fourth-order valence-corrected chi connectivity index (χ4v) is 4.58. The Morgan fingerprint density at radius 1 is 1.15 bits per heavy atom. The predicted molar refractivity (Wildman–Crippen MR) is 78.1 cm³/mol. The third-order valence-electron chi connectivity index (χ3n) is 4.18. The topological polar surface area (TPSA) is 52.7 Å². The minimum absolute atomic E-state index is 0.492. The zero-order valence-electron chi connectivity index (χ0n) is 11.8. The van der Waals surface area contributed by atoms with E-state index in [1.54, 1.807) is 10.4 Å².